The van der Waals surface area contributed by atoms with Crippen molar-refractivity contribution < 1.29 is 4.79 Å². The Labute approximate surface area is 77.6 Å². The summed E-state index contributed by atoms with van der Waals surface area (Å²) in [6, 6.07) is 1.69. The molecule has 0 aliphatic rings. The second-order valence-electron chi connectivity index (χ2n) is 1.75. The van der Waals surface area contributed by atoms with Crippen molar-refractivity contribution in [3.05, 3.63) is 18.5 Å². The molecule has 58 valence electrons. The van der Waals surface area contributed by atoms with E-state index in [0.29, 0.717) is 10.4 Å². The van der Waals surface area contributed by atoms with Gasteiger partial charge in [-0.05, 0) is 6.07 Å². The Morgan fingerprint density at radius 1 is 1.55 bits per heavy atom. The molecule has 1 N–H and O–H groups in total. The molecule has 0 spiro atoms. The van der Waals surface area contributed by atoms with Crippen LogP contribution in [-0.2, 0) is 4.79 Å². The Morgan fingerprint density at radius 3 is 2.73 bits per heavy atom. The average Bonchev–Trinajstić information content (AvgIpc) is 2.06. The third-order valence-electron chi connectivity index (χ3n) is 0.938. The molecule has 0 atom stereocenters. The molecule has 0 aliphatic carbocycles. The van der Waals surface area contributed by atoms with Crippen molar-refractivity contribution in [1.29, 1.82) is 0 Å². The molecule has 1 aromatic rings. The number of rotatable bonds is 2. The molecule has 1 rings (SSSR count). The van der Waals surface area contributed by atoms with Crippen molar-refractivity contribution in [2.45, 2.75) is 0 Å². The lowest BCUT2D eigenvalue weighted by molar-refractivity contribution is -0.113. The van der Waals surface area contributed by atoms with Crippen molar-refractivity contribution >= 4 is 34.4 Å². The highest BCUT2D eigenvalue weighted by atomic mass is 127. The van der Waals surface area contributed by atoms with Crippen molar-refractivity contribution in [3.63, 3.8) is 0 Å². The molecule has 1 aromatic heterocycles. The van der Waals surface area contributed by atoms with Crippen LogP contribution < -0.4 is 5.32 Å². The summed E-state index contributed by atoms with van der Waals surface area (Å²) in [7, 11) is 0. The molecule has 0 fully saturated rings. The maximum absolute atomic E-state index is 10.8. The van der Waals surface area contributed by atoms with Crippen LogP contribution in [0.4, 0.5) is 5.95 Å². The minimum absolute atomic E-state index is 0.0863. The van der Waals surface area contributed by atoms with E-state index in [1.165, 1.54) is 0 Å². The zero-order valence-corrected chi connectivity index (χ0v) is 7.78. The van der Waals surface area contributed by atoms with Crippen LogP contribution >= 0.6 is 22.6 Å². The number of carbonyl (C=O) groups excluding carboxylic acids is 1. The number of nitrogens with zero attached hydrogens (tertiary/aromatic N) is 2. The van der Waals surface area contributed by atoms with Crippen LogP contribution in [0.25, 0.3) is 0 Å². The highest BCUT2D eigenvalue weighted by Crippen LogP contribution is 1.94. The van der Waals surface area contributed by atoms with E-state index in [0.717, 1.165) is 0 Å². The summed E-state index contributed by atoms with van der Waals surface area (Å²) in [5.74, 6) is 0.269. The molecule has 0 bridgehead atoms. The summed E-state index contributed by atoms with van der Waals surface area (Å²) in [4.78, 5) is 18.4. The van der Waals surface area contributed by atoms with E-state index in [-0.39, 0.29) is 5.91 Å². The maximum atomic E-state index is 10.8. The van der Waals surface area contributed by atoms with Crippen LogP contribution in [0, 0.1) is 0 Å². The zero-order chi connectivity index (χ0) is 8.10. The van der Waals surface area contributed by atoms with Gasteiger partial charge in [0.2, 0.25) is 11.9 Å². The number of hydrogen-bond donors (Lipinski definition) is 1. The first-order chi connectivity index (χ1) is 5.33. The minimum Gasteiger partial charge on any atom is -0.294 e. The molecular weight excluding hydrogens is 257 g/mol. The number of anilines is 1. The summed E-state index contributed by atoms with van der Waals surface area (Å²) < 4.78 is 0.413. The second kappa shape index (κ2) is 4.22. The van der Waals surface area contributed by atoms with Gasteiger partial charge in [-0.15, -0.1) is 0 Å². The van der Waals surface area contributed by atoms with Gasteiger partial charge < -0.3 is 0 Å². The van der Waals surface area contributed by atoms with Gasteiger partial charge in [0.25, 0.3) is 0 Å². The van der Waals surface area contributed by atoms with Crippen LogP contribution in [0.15, 0.2) is 18.5 Å². The number of carbonyl (C=O) groups is 1. The maximum Gasteiger partial charge on any atom is 0.236 e. The number of aromatic nitrogens is 2. The van der Waals surface area contributed by atoms with Crippen LogP contribution in [0.3, 0.4) is 0 Å². The van der Waals surface area contributed by atoms with Gasteiger partial charge in [0.15, 0.2) is 0 Å². The molecule has 0 saturated heterocycles. The largest absolute Gasteiger partial charge is 0.294 e. The van der Waals surface area contributed by atoms with Gasteiger partial charge in [0.1, 0.15) is 0 Å². The number of alkyl halides is 1. The first-order valence-corrected chi connectivity index (χ1v) is 4.48. The fourth-order valence-corrected chi connectivity index (χ4v) is 0.712. The Bertz CT molecular complexity index is 239. The molecule has 5 heteroatoms. The summed E-state index contributed by atoms with van der Waals surface area (Å²) in [5, 5.41) is 2.52. The van der Waals surface area contributed by atoms with E-state index in [1.807, 2.05) is 22.6 Å². The average molecular weight is 263 g/mol. The second-order valence-corrected chi connectivity index (χ2v) is 2.52. The van der Waals surface area contributed by atoms with Gasteiger partial charge in [-0.1, -0.05) is 22.6 Å². The zero-order valence-electron chi connectivity index (χ0n) is 5.62. The van der Waals surface area contributed by atoms with Gasteiger partial charge in [-0.25, -0.2) is 9.97 Å². The van der Waals surface area contributed by atoms with Crippen molar-refractivity contribution in [2.75, 3.05) is 9.74 Å². The van der Waals surface area contributed by atoms with Crippen molar-refractivity contribution in [1.82, 2.24) is 9.97 Å². The monoisotopic (exact) mass is 263 g/mol. The van der Waals surface area contributed by atoms with Crippen molar-refractivity contribution in [3.8, 4) is 0 Å². The predicted octanol–water partition coefficient (Wildman–Crippen LogP) is 0.850. The van der Waals surface area contributed by atoms with E-state index in [1.54, 1.807) is 18.5 Å². The fourth-order valence-electron chi connectivity index (χ4n) is 0.522. The minimum atomic E-state index is -0.0863. The summed E-state index contributed by atoms with van der Waals surface area (Å²) in [6.45, 7) is 0. The van der Waals surface area contributed by atoms with Crippen LogP contribution in [0.2, 0.25) is 0 Å². The normalized spacial score (nSPS) is 9.18. The number of halogens is 1. The number of hydrogen-bond acceptors (Lipinski definition) is 3. The first kappa shape index (κ1) is 8.38. The van der Waals surface area contributed by atoms with Gasteiger partial charge in [-0.3, -0.25) is 10.1 Å². The summed E-state index contributed by atoms with van der Waals surface area (Å²) in [6.07, 6.45) is 3.16. The van der Waals surface area contributed by atoms with E-state index in [9.17, 15) is 4.79 Å². The Kier molecular flexibility index (Phi) is 3.21. The van der Waals surface area contributed by atoms with Crippen molar-refractivity contribution in [2.24, 2.45) is 0 Å². The molecule has 4 nitrogen and oxygen atoms in total. The van der Waals surface area contributed by atoms with Gasteiger partial charge >= 0.3 is 0 Å². The third kappa shape index (κ3) is 2.79. The Morgan fingerprint density at radius 2 is 2.18 bits per heavy atom. The molecule has 1 heterocycles. The SMILES string of the molecule is O=C(CI)Nc1ncccn1. The molecule has 0 saturated carbocycles. The molecule has 11 heavy (non-hydrogen) atoms. The van der Waals surface area contributed by atoms with E-state index >= 15 is 0 Å². The van der Waals surface area contributed by atoms with E-state index < -0.39 is 0 Å². The van der Waals surface area contributed by atoms with Crippen LogP contribution in [-0.4, -0.2) is 20.3 Å². The first-order valence-electron chi connectivity index (χ1n) is 2.96. The Balaban J connectivity index is 2.58. The molecule has 0 aliphatic heterocycles. The lowest BCUT2D eigenvalue weighted by Gasteiger charge is -1.97. The molecule has 0 unspecified atom stereocenters. The van der Waals surface area contributed by atoms with Gasteiger partial charge in [-0.2, -0.15) is 0 Å². The fraction of sp³-hybridized carbons (Fsp3) is 0.167. The number of nitrogens with one attached hydrogen (secondary N) is 1. The number of amides is 1. The van der Waals surface area contributed by atoms with Gasteiger partial charge in [0, 0.05) is 12.4 Å². The topological polar surface area (TPSA) is 54.9 Å². The lowest BCUT2D eigenvalue weighted by atomic mass is 10.6. The molecule has 0 radical (unpaired) electrons. The predicted molar refractivity (Wildman–Crippen MR) is 49.5 cm³/mol. The van der Waals surface area contributed by atoms with Crippen LogP contribution in [0.5, 0.6) is 0 Å². The standard InChI is InChI=1S/C6H6IN3O/c7-4-5(11)10-6-8-2-1-3-9-6/h1-3H,4H2,(H,8,9,10,11). The highest BCUT2D eigenvalue weighted by molar-refractivity contribution is 14.1. The highest BCUT2D eigenvalue weighted by Gasteiger charge is 1.98. The van der Waals surface area contributed by atoms with E-state index in [2.05, 4.69) is 15.3 Å². The van der Waals surface area contributed by atoms with Gasteiger partial charge in [0.05, 0.1) is 4.43 Å². The Hall–Kier alpha value is -0.720. The van der Waals surface area contributed by atoms with Crippen LogP contribution in [0.1, 0.15) is 0 Å². The smallest absolute Gasteiger partial charge is 0.236 e. The quantitative estimate of drug-likeness (QED) is 0.635. The summed E-state index contributed by atoms with van der Waals surface area (Å²) >= 11 is 1.97. The molecular formula is C6H6IN3O. The lowest BCUT2D eigenvalue weighted by Crippen LogP contribution is -2.14. The summed E-state index contributed by atoms with van der Waals surface area (Å²) in [5.41, 5.74) is 0. The molecule has 1 amide bonds. The third-order valence-corrected chi connectivity index (χ3v) is 1.63. The molecule has 0 aromatic carbocycles. The van der Waals surface area contributed by atoms with E-state index in [4.69, 9.17) is 0 Å².